The second-order valence-electron chi connectivity index (χ2n) is 7.57. The summed E-state index contributed by atoms with van der Waals surface area (Å²) in [5.41, 5.74) is 3.33. The van der Waals surface area contributed by atoms with Crippen molar-refractivity contribution in [3.63, 3.8) is 0 Å². The number of rotatable bonds is 9. The van der Waals surface area contributed by atoms with Crippen LogP contribution in [0.4, 0.5) is 5.69 Å². The minimum absolute atomic E-state index is 0.122. The summed E-state index contributed by atoms with van der Waals surface area (Å²) in [6, 6.07) is 15.9. The molecule has 2 aromatic rings. The van der Waals surface area contributed by atoms with Crippen molar-refractivity contribution in [1.29, 1.82) is 0 Å². The highest BCUT2D eigenvalue weighted by atomic mass is 16.5. The lowest BCUT2D eigenvalue weighted by molar-refractivity contribution is 0.0663. The highest BCUT2D eigenvalue weighted by molar-refractivity contribution is 5.95. The van der Waals surface area contributed by atoms with Crippen LogP contribution in [-0.2, 0) is 6.42 Å². The number of benzene rings is 2. The second-order valence-corrected chi connectivity index (χ2v) is 7.57. The number of hydrogen-bond donors (Lipinski definition) is 1. The van der Waals surface area contributed by atoms with Crippen LogP contribution >= 0.6 is 0 Å². The van der Waals surface area contributed by atoms with Gasteiger partial charge in [-0.25, -0.2) is 0 Å². The van der Waals surface area contributed by atoms with Crippen molar-refractivity contribution in [2.45, 2.75) is 32.8 Å². The van der Waals surface area contributed by atoms with Gasteiger partial charge in [0.05, 0.1) is 0 Å². The van der Waals surface area contributed by atoms with E-state index in [1.54, 1.807) is 24.3 Å². The molecule has 0 amide bonds. The molecule has 29 heavy (non-hydrogen) atoms. The molecule has 1 N–H and O–H groups in total. The molecule has 0 unspecified atom stereocenters. The number of ether oxygens (including phenoxy) is 1. The standard InChI is InChI=1S/C24H32N2O3/c1-3-19-5-9-21(10-6-19)26-15-13-25(14-16-26)17-22(27)18-29-23-11-7-20(8-12-23)24(28)4-2/h5-12,22,27H,3-4,13-18H2,1-2H3/t22-/m1/s1. The number of aryl methyl sites for hydroxylation is 1. The zero-order valence-electron chi connectivity index (χ0n) is 17.5. The first-order valence-corrected chi connectivity index (χ1v) is 10.6. The summed E-state index contributed by atoms with van der Waals surface area (Å²) >= 11 is 0. The fraction of sp³-hybridized carbons (Fsp3) is 0.458. The Morgan fingerprint density at radius 2 is 1.66 bits per heavy atom. The molecule has 3 rings (SSSR count). The van der Waals surface area contributed by atoms with Crippen molar-refractivity contribution in [3.05, 3.63) is 59.7 Å². The predicted molar refractivity (Wildman–Crippen MR) is 117 cm³/mol. The van der Waals surface area contributed by atoms with Crippen LogP contribution in [0.1, 0.15) is 36.2 Å². The van der Waals surface area contributed by atoms with Crippen LogP contribution in [0.2, 0.25) is 0 Å². The van der Waals surface area contributed by atoms with Crippen molar-refractivity contribution in [2.75, 3.05) is 44.2 Å². The Labute approximate surface area is 173 Å². The van der Waals surface area contributed by atoms with Gasteiger partial charge in [0.15, 0.2) is 5.78 Å². The van der Waals surface area contributed by atoms with Crippen LogP contribution in [0, 0.1) is 0 Å². The fourth-order valence-electron chi connectivity index (χ4n) is 3.62. The van der Waals surface area contributed by atoms with Gasteiger partial charge >= 0.3 is 0 Å². The van der Waals surface area contributed by atoms with Crippen LogP contribution in [0.25, 0.3) is 0 Å². The Hall–Kier alpha value is -2.37. The number of hydrogen-bond acceptors (Lipinski definition) is 5. The molecule has 1 aliphatic heterocycles. The van der Waals surface area contributed by atoms with Crippen LogP contribution < -0.4 is 9.64 Å². The Morgan fingerprint density at radius 1 is 1.00 bits per heavy atom. The summed E-state index contributed by atoms with van der Waals surface area (Å²) in [6.45, 7) is 8.67. The van der Waals surface area contributed by atoms with Crippen LogP contribution in [0.5, 0.6) is 5.75 Å². The van der Waals surface area contributed by atoms with E-state index in [9.17, 15) is 9.90 Å². The second kappa shape index (κ2) is 10.4. The van der Waals surface area contributed by atoms with Crippen molar-refractivity contribution in [3.8, 4) is 5.75 Å². The SMILES string of the molecule is CCC(=O)c1ccc(OC[C@H](O)CN2CCN(c3ccc(CC)cc3)CC2)cc1. The highest BCUT2D eigenvalue weighted by Gasteiger charge is 2.19. The van der Waals surface area contributed by atoms with Crippen molar-refractivity contribution in [2.24, 2.45) is 0 Å². The normalized spacial score (nSPS) is 15.9. The molecule has 0 saturated carbocycles. The van der Waals surface area contributed by atoms with Crippen molar-refractivity contribution in [1.82, 2.24) is 4.90 Å². The van der Waals surface area contributed by atoms with Gasteiger partial charge in [0.25, 0.3) is 0 Å². The molecule has 0 bridgehead atoms. The third kappa shape index (κ3) is 6.05. The molecule has 0 radical (unpaired) electrons. The van der Waals surface area contributed by atoms with E-state index in [0.29, 0.717) is 24.3 Å². The predicted octanol–water partition coefficient (Wildman–Crippen LogP) is 3.40. The molecule has 2 aromatic carbocycles. The van der Waals surface area contributed by atoms with Gasteiger partial charge in [-0.1, -0.05) is 26.0 Å². The maximum Gasteiger partial charge on any atom is 0.162 e. The largest absolute Gasteiger partial charge is 0.491 e. The molecule has 0 spiro atoms. The number of carbonyl (C=O) groups is 1. The highest BCUT2D eigenvalue weighted by Crippen LogP contribution is 2.18. The fourth-order valence-corrected chi connectivity index (χ4v) is 3.62. The van der Waals surface area contributed by atoms with Gasteiger partial charge in [-0.05, 0) is 48.4 Å². The van der Waals surface area contributed by atoms with Crippen LogP contribution in [0.3, 0.4) is 0 Å². The first-order chi connectivity index (χ1) is 14.1. The van der Waals surface area contributed by atoms with Gasteiger partial charge in [-0.2, -0.15) is 0 Å². The molecule has 1 heterocycles. The number of aliphatic hydroxyl groups is 1. The van der Waals surface area contributed by atoms with Gasteiger partial charge in [0, 0.05) is 50.4 Å². The molecule has 5 nitrogen and oxygen atoms in total. The minimum atomic E-state index is -0.540. The zero-order valence-corrected chi connectivity index (χ0v) is 17.5. The minimum Gasteiger partial charge on any atom is -0.491 e. The number of nitrogens with zero attached hydrogens (tertiary/aromatic N) is 2. The molecule has 0 aliphatic carbocycles. The molecular formula is C24H32N2O3. The third-order valence-electron chi connectivity index (χ3n) is 5.49. The van der Waals surface area contributed by atoms with E-state index in [1.807, 2.05) is 6.92 Å². The van der Waals surface area contributed by atoms with Crippen LogP contribution in [-0.4, -0.2) is 61.2 Å². The maximum atomic E-state index is 11.7. The number of Topliss-reactive ketones (excluding diaryl/α,β-unsaturated/α-hetero) is 1. The Balaban J connectivity index is 1.40. The van der Waals surface area contributed by atoms with Gasteiger partial charge in [-0.15, -0.1) is 0 Å². The van der Waals surface area contributed by atoms with E-state index in [2.05, 4.69) is 41.0 Å². The quantitative estimate of drug-likeness (QED) is 0.659. The smallest absolute Gasteiger partial charge is 0.162 e. The maximum absolute atomic E-state index is 11.7. The number of β-amino-alcohol motifs (C(OH)–C–C–N with tert-alkyl or cyclic N) is 1. The lowest BCUT2D eigenvalue weighted by atomic mass is 10.1. The Kier molecular flexibility index (Phi) is 7.67. The molecule has 0 aromatic heterocycles. The van der Waals surface area contributed by atoms with Gasteiger partial charge < -0.3 is 14.7 Å². The summed E-state index contributed by atoms with van der Waals surface area (Å²) in [5, 5.41) is 10.3. The van der Waals surface area contributed by atoms with E-state index >= 15 is 0 Å². The van der Waals surface area contributed by atoms with Gasteiger partial charge in [0.1, 0.15) is 18.5 Å². The van der Waals surface area contributed by atoms with Crippen molar-refractivity contribution < 1.29 is 14.6 Å². The molecule has 1 fully saturated rings. The number of aliphatic hydroxyl groups excluding tert-OH is 1. The van der Waals surface area contributed by atoms with Crippen LogP contribution in [0.15, 0.2) is 48.5 Å². The monoisotopic (exact) mass is 396 g/mol. The summed E-state index contributed by atoms with van der Waals surface area (Å²) in [4.78, 5) is 16.4. The number of carbonyl (C=O) groups excluding carboxylic acids is 1. The van der Waals surface area contributed by atoms with E-state index in [4.69, 9.17) is 4.74 Å². The van der Waals surface area contributed by atoms with Gasteiger partial charge in [0.2, 0.25) is 0 Å². The number of ketones is 1. The Morgan fingerprint density at radius 3 is 2.24 bits per heavy atom. The average molecular weight is 397 g/mol. The zero-order chi connectivity index (χ0) is 20.6. The first kappa shape index (κ1) is 21.3. The molecular weight excluding hydrogens is 364 g/mol. The van der Waals surface area contributed by atoms with E-state index < -0.39 is 6.10 Å². The third-order valence-corrected chi connectivity index (χ3v) is 5.49. The van der Waals surface area contributed by atoms with E-state index in [1.165, 1.54) is 11.3 Å². The van der Waals surface area contributed by atoms with Crippen molar-refractivity contribution >= 4 is 11.5 Å². The number of piperazine rings is 1. The van der Waals surface area contributed by atoms with E-state index in [0.717, 1.165) is 32.6 Å². The molecule has 1 atom stereocenters. The topological polar surface area (TPSA) is 53.0 Å². The lowest BCUT2D eigenvalue weighted by Crippen LogP contribution is -2.49. The molecule has 1 aliphatic rings. The summed E-state index contributed by atoms with van der Waals surface area (Å²) in [6.07, 6.45) is 1.02. The summed E-state index contributed by atoms with van der Waals surface area (Å²) in [5.74, 6) is 0.800. The molecule has 156 valence electrons. The summed E-state index contributed by atoms with van der Waals surface area (Å²) < 4.78 is 5.69. The molecule has 1 saturated heterocycles. The first-order valence-electron chi connectivity index (χ1n) is 10.6. The average Bonchev–Trinajstić information content (AvgIpc) is 2.78. The van der Waals surface area contributed by atoms with E-state index in [-0.39, 0.29) is 12.4 Å². The summed E-state index contributed by atoms with van der Waals surface area (Å²) in [7, 11) is 0. The molecule has 5 heteroatoms. The lowest BCUT2D eigenvalue weighted by Gasteiger charge is -2.37. The van der Waals surface area contributed by atoms with Gasteiger partial charge in [-0.3, -0.25) is 9.69 Å². The Bertz CT molecular complexity index is 766. The number of anilines is 1.